The van der Waals surface area contributed by atoms with Gasteiger partial charge in [0.25, 0.3) is 0 Å². The van der Waals surface area contributed by atoms with Crippen molar-refractivity contribution in [2.45, 2.75) is 6.92 Å². The molecule has 0 bridgehead atoms. The molecule has 4 heteroatoms. The van der Waals surface area contributed by atoms with Gasteiger partial charge in [-0.15, -0.1) is 0 Å². The summed E-state index contributed by atoms with van der Waals surface area (Å²) in [6, 6.07) is 31.5. The highest BCUT2D eigenvalue weighted by molar-refractivity contribution is 6.07. The van der Waals surface area contributed by atoms with E-state index < -0.39 is 0 Å². The zero-order chi connectivity index (χ0) is 23.3. The largest absolute Gasteiger partial charge is 0.289 e. The molecular weight excluding hydrogens is 418 g/mol. The number of para-hydroxylation sites is 1. The number of ketones is 1. The summed E-state index contributed by atoms with van der Waals surface area (Å²) in [4.78, 5) is 17.3. The summed E-state index contributed by atoms with van der Waals surface area (Å²) in [5.41, 5.74) is 7.36. The molecule has 34 heavy (non-hydrogen) atoms. The third kappa shape index (κ3) is 4.62. The third-order valence-electron chi connectivity index (χ3n) is 5.63. The summed E-state index contributed by atoms with van der Waals surface area (Å²) >= 11 is 0. The van der Waals surface area contributed by atoms with Gasteiger partial charge in [-0.1, -0.05) is 78.4 Å². The minimum absolute atomic E-state index is 0.0603. The number of rotatable bonds is 6. The summed E-state index contributed by atoms with van der Waals surface area (Å²) < 4.78 is 1.85. The second-order valence-electron chi connectivity index (χ2n) is 8.07. The van der Waals surface area contributed by atoms with Gasteiger partial charge in [-0.05, 0) is 43.3 Å². The highest BCUT2D eigenvalue weighted by atomic mass is 16.1. The number of pyridine rings is 1. The highest BCUT2D eigenvalue weighted by Crippen LogP contribution is 2.26. The second-order valence-corrected chi connectivity index (χ2v) is 8.07. The van der Waals surface area contributed by atoms with Crippen molar-refractivity contribution in [1.29, 1.82) is 0 Å². The zero-order valence-corrected chi connectivity index (χ0v) is 18.8. The van der Waals surface area contributed by atoms with Crippen LogP contribution >= 0.6 is 0 Å². The van der Waals surface area contributed by atoms with Crippen molar-refractivity contribution in [3.63, 3.8) is 0 Å². The molecule has 164 valence electrons. The second kappa shape index (κ2) is 9.51. The van der Waals surface area contributed by atoms with E-state index in [2.05, 4.69) is 36.2 Å². The average molecular weight is 442 g/mol. The Morgan fingerprint density at radius 3 is 2.21 bits per heavy atom. The average Bonchev–Trinajstić information content (AvgIpc) is 3.33. The molecule has 0 atom stereocenters. The van der Waals surface area contributed by atoms with Crippen LogP contribution in [-0.4, -0.2) is 20.5 Å². The Balaban J connectivity index is 1.44. The molecular formula is C30H23N3O. The number of aromatic nitrogens is 3. The molecule has 0 unspecified atom stereocenters. The van der Waals surface area contributed by atoms with Crippen LogP contribution in [0.3, 0.4) is 0 Å². The number of hydrogen-bond acceptors (Lipinski definition) is 3. The molecule has 2 heterocycles. The van der Waals surface area contributed by atoms with Crippen LogP contribution in [-0.2, 0) is 0 Å². The van der Waals surface area contributed by atoms with Gasteiger partial charge in [-0.25, -0.2) is 4.68 Å². The van der Waals surface area contributed by atoms with Gasteiger partial charge in [-0.3, -0.25) is 9.78 Å². The van der Waals surface area contributed by atoms with Crippen molar-refractivity contribution in [2.24, 2.45) is 0 Å². The predicted octanol–water partition coefficient (Wildman–Crippen LogP) is 6.81. The Kier molecular flexibility index (Phi) is 5.95. The fourth-order valence-electron chi connectivity index (χ4n) is 3.76. The lowest BCUT2D eigenvalue weighted by Gasteiger charge is -2.02. The van der Waals surface area contributed by atoms with E-state index >= 15 is 0 Å². The van der Waals surface area contributed by atoms with Crippen molar-refractivity contribution in [3.05, 3.63) is 132 Å². The van der Waals surface area contributed by atoms with Crippen molar-refractivity contribution in [3.8, 4) is 28.2 Å². The summed E-state index contributed by atoms with van der Waals surface area (Å²) in [7, 11) is 0. The lowest BCUT2D eigenvalue weighted by molar-refractivity contribution is 0.104. The van der Waals surface area contributed by atoms with Crippen molar-refractivity contribution in [2.75, 3.05) is 0 Å². The number of carbonyl (C=O) groups excluding carboxylic acids is 1. The summed E-state index contributed by atoms with van der Waals surface area (Å²) in [6.07, 6.45) is 7.17. The molecule has 0 amide bonds. The molecule has 0 spiro atoms. The Bertz CT molecular complexity index is 1430. The van der Waals surface area contributed by atoms with Crippen LogP contribution in [0.1, 0.15) is 21.5 Å². The predicted molar refractivity (Wildman–Crippen MR) is 137 cm³/mol. The maximum Gasteiger partial charge on any atom is 0.185 e. The molecule has 0 aliphatic heterocycles. The molecule has 0 radical (unpaired) electrons. The molecule has 5 rings (SSSR count). The van der Waals surface area contributed by atoms with Crippen LogP contribution in [0.5, 0.6) is 0 Å². The van der Waals surface area contributed by atoms with E-state index in [0.29, 0.717) is 5.56 Å². The minimum atomic E-state index is -0.0603. The van der Waals surface area contributed by atoms with E-state index in [4.69, 9.17) is 5.10 Å². The van der Waals surface area contributed by atoms with Crippen LogP contribution in [0.4, 0.5) is 0 Å². The first-order valence-corrected chi connectivity index (χ1v) is 11.1. The first-order chi connectivity index (χ1) is 16.7. The third-order valence-corrected chi connectivity index (χ3v) is 5.63. The van der Waals surface area contributed by atoms with Gasteiger partial charge in [0.1, 0.15) is 0 Å². The van der Waals surface area contributed by atoms with E-state index in [1.807, 2.05) is 89.8 Å². The van der Waals surface area contributed by atoms with Crippen LogP contribution < -0.4 is 0 Å². The highest BCUT2D eigenvalue weighted by Gasteiger charge is 2.11. The van der Waals surface area contributed by atoms with Gasteiger partial charge in [0.15, 0.2) is 5.78 Å². The Hall–Kier alpha value is -4.57. The van der Waals surface area contributed by atoms with Gasteiger partial charge in [0, 0.05) is 34.6 Å². The molecule has 2 aromatic heterocycles. The minimum Gasteiger partial charge on any atom is -0.289 e. The number of nitrogens with zero attached hydrogens (tertiary/aromatic N) is 3. The Morgan fingerprint density at radius 1 is 0.794 bits per heavy atom. The van der Waals surface area contributed by atoms with Crippen molar-refractivity contribution in [1.82, 2.24) is 14.8 Å². The molecule has 4 nitrogen and oxygen atoms in total. The fraction of sp³-hybridized carbons (Fsp3) is 0.0333. The molecule has 0 aliphatic rings. The number of benzene rings is 3. The van der Waals surface area contributed by atoms with Gasteiger partial charge in [0.05, 0.1) is 17.1 Å². The smallest absolute Gasteiger partial charge is 0.185 e. The normalized spacial score (nSPS) is 11.1. The van der Waals surface area contributed by atoms with Crippen molar-refractivity contribution < 1.29 is 4.79 Å². The molecule has 3 aromatic carbocycles. The summed E-state index contributed by atoms with van der Waals surface area (Å²) in [5.74, 6) is -0.0603. The topological polar surface area (TPSA) is 47.8 Å². The molecule has 5 aromatic rings. The zero-order valence-electron chi connectivity index (χ0n) is 18.8. The van der Waals surface area contributed by atoms with E-state index in [1.54, 1.807) is 12.3 Å². The summed E-state index contributed by atoms with van der Waals surface area (Å²) in [6.45, 7) is 2.06. The maximum absolute atomic E-state index is 12.9. The molecule has 0 N–H and O–H groups in total. The Labute approximate surface area is 198 Å². The van der Waals surface area contributed by atoms with Crippen LogP contribution in [0.15, 0.2) is 116 Å². The number of aryl methyl sites for hydroxylation is 1. The van der Waals surface area contributed by atoms with Crippen LogP contribution in [0.2, 0.25) is 0 Å². The lowest BCUT2D eigenvalue weighted by atomic mass is 10.0. The maximum atomic E-state index is 12.9. The van der Waals surface area contributed by atoms with Gasteiger partial charge in [0.2, 0.25) is 0 Å². The number of allylic oxidation sites excluding steroid dienone is 1. The van der Waals surface area contributed by atoms with E-state index in [0.717, 1.165) is 33.8 Å². The molecule has 0 fully saturated rings. The molecule has 0 aliphatic carbocycles. The first-order valence-electron chi connectivity index (χ1n) is 11.1. The van der Waals surface area contributed by atoms with Crippen LogP contribution in [0, 0.1) is 6.92 Å². The Morgan fingerprint density at radius 2 is 1.50 bits per heavy atom. The SMILES string of the molecule is Cc1ccc(-c2nn(-c3ccccc3)cc2C=CC(=O)c2ccc(-c3ccccn3)cc2)cc1. The number of carbonyl (C=O) groups is 1. The van der Waals surface area contributed by atoms with E-state index in [1.165, 1.54) is 5.56 Å². The van der Waals surface area contributed by atoms with Crippen molar-refractivity contribution >= 4 is 11.9 Å². The van der Waals surface area contributed by atoms with E-state index in [9.17, 15) is 4.79 Å². The van der Waals surface area contributed by atoms with Gasteiger partial charge < -0.3 is 0 Å². The van der Waals surface area contributed by atoms with Gasteiger partial charge >= 0.3 is 0 Å². The molecule has 0 saturated carbocycles. The van der Waals surface area contributed by atoms with E-state index in [-0.39, 0.29) is 5.78 Å². The number of hydrogen-bond donors (Lipinski definition) is 0. The van der Waals surface area contributed by atoms with Crippen LogP contribution in [0.25, 0.3) is 34.3 Å². The molecule has 0 saturated heterocycles. The standard InChI is InChI=1S/C30H23N3O/c1-22-10-12-25(13-11-22)30-26(21-33(32-30)27-7-3-2-4-8-27)18-19-29(34)24-16-14-23(15-17-24)28-9-5-6-20-31-28/h2-21H,1H3. The first kappa shape index (κ1) is 21.3. The fourth-order valence-corrected chi connectivity index (χ4v) is 3.76. The summed E-state index contributed by atoms with van der Waals surface area (Å²) in [5, 5.41) is 4.82. The monoisotopic (exact) mass is 441 g/mol. The van der Waals surface area contributed by atoms with Gasteiger partial charge in [-0.2, -0.15) is 5.10 Å². The quantitative estimate of drug-likeness (QED) is 0.215. The lowest BCUT2D eigenvalue weighted by Crippen LogP contribution is -1.94.